The molecule has 0 aromatic heterocycles. The highest BCUT2D eigenvalue weighted by atomic mass is 79.9. The lowest BCUT2D eigenvalue weighted by Gasteiger charge is -2.29. The van der Waals surface area contributed by atoms with Crippen molar-refractivity contribution in [3.05, 3.63) is 28.2 Å². The van der Waals surface area contributed by atoms with E-state index < -0.39 is 0 Å². The molecule has 2 bridgehead atoms. The molecule has 0 aliphatic carbocycles. The Bertz CT molecular complexity index is 550. The summed E-state index contributed by atoms with van der Waals surface area (Å²) in [4.78, 5) is 12.5. The molecule has 120 valence electrons. The van der Waals surface area contributed by atoms with Crippen LogP contribution in [0.3, 0.4) is 0 Å². The quantitative estimate of drug-likeness (QED) is 0.859. The summed E-state index contributed by atoms with van der Waals surface area (Å²) < 4.78 is 6.56. The monoisotopic (exact) mass is 366 g/mol. The zero-order chi connectivity index (χ0) is 15.7. The Kier molecular flexibility index (Phi) is 4.73. The molecule has 1 amide bonds. The summed E-state index contributed by atoms with van der Waals surface area (Å²) in [7, 11) is 0. The molecule has 2 unspecified atom stereocenters. The van der Waals surface area contributed by atoms with Crippen LogP contribution < -0.4 is 15.4 Å². The first-order valence-electron chi connectivity index (χ1n) is 8.04. The third-order valence-electron chi connectivity index (χ3n) is 4.31. The molecule has 2 fully saturated rings. The number of hydrogen-bond acceptors (Lipinski definition) is 3. The van der Waals surface area contributed by atoms with Gasteiger partial charge in [0.25, 0.3) is 5.91 Å². The summed E-state index contributed by atoms with van der Waals surface area (Å²) in [6.45, 7) is 3.96. The number of nitrogens with one attached hydrogen (secondary N) is 2. The summed E-state index contributed by atoms with van der Waals surface area (Å²) in [5, 5.41) is 6.78. The van der Waals surface area contributed by atoms with Crippen LogP contribution >= 0.6 is 15.9 Å². The van der Waals surface area contributed by atoms with E-state index in [0.29, 0.717) is 17.6 Å². The Morgan fingerprint density at radius 3 is 2.59 bits per heavy atom. The van der Waals surface area contributed by atoms with E-state index in [1.165, 1.54) is 12.8 Å². The summed E-state index contributed by atoms with van der Waals surface area (Å²) in [6.07, 6.45) is 4.63. The molecule has 2 aliphatic rings. The molecule has 2 aliphatic heterocycles. The zero-order valence-corrected chi connectivity index (χ0v) is 14.7. The summed E-state index contributed by atoms with van der Waals surface area (Å²) in [5.74, 6) is 0.709. The van der Waals surface area contributed by atoms with Crippen LogP contribution in [0.1, 0.15) is 49.9 Å². The molecule has 22 heavy (non-hydrogen) atoms. The number of ether oxygens (including phenoxy) is 1. The largest absolute Gasteiger partial charge is 0.491 e. The number of fused-ring (bicyclic) bond motifs is 2. The van der Waals surface area contributed by atoms with Gasteiger partial charge >= 0.3 is 0 Å². The number of piperidine rings is 1. The first-order valence-corrected chi connectivity index (χ1v) is 8.83. The van der Waals surface area contributed by atoms with Gasteiger partial charge in [0, 0.05) is 28.2 Å². The number of hydrogen-bond donors (Lipinski definition) is 2. The van der Waals surface area contributed by atoms with E-state index >= 15 is 0 Å². The molecule has 1 aromatic rings. The Balaban J connectivity index is 1.68. The minimum atomic E-state index is -0.0128. The van der Waals surface area contributed by atoms with Gasteiger partial charge in [0.05, 0.1) is 6.10 Å². The van der Waals surface area contributed by atoms with Crippen molar-refractivity contribution in [2.24, 2.45) is 0 Å². The second-order valence-corrected chi connectivity index (χ2v) is 7.54. The minimum Gasteiger partial charge on any atom is -0.491 e. The summed E-state index contributed by atoms with van der Waals surface area (Å²) in [6, 6.07) is 6.98. The Morgan fingerprint density at radius 1 is 1.27 bits per heavy atom. The SMILES string of the molecule is CC(C)Oc1cc(Br)cc(C(=O)NC2CC3CCC(C2)N3)c1. The van der Waals surface area contributed by atoms with Gasteiger partial charge in [0.1, 0.15) is 5.75 Å². The maximum absolute atomic E-state index is 12.5. The van der Waals surface area contributed by atoms with Crippen molar-refractivity contribution < 1.29 is 9.53 Å². The van der Waals surface area contributed by atoms with Crippen molar-refractivity contribution in [3.63, 3.8) is 0 Å². The van der Waals surface area contributed by atoms with Crippen LogP contribution in [0.25, 0.3) is 0 Å². The van der Waals surface area contributed by atoms with Crippen LogP contribution in [0.5, 0.6) is 5.75 Å². The predicted octanol–water partition coefficient (Wildman–Crippen LogP) is 3.25. The van der Waals surface area contributed by atoms with E-state index in [1.54, 1.807) is 0 Å². The molecule has 5 heteroatoms. The zero-order valence-electron chi connectivity index (χ0n) is 13.1. The number of halogens is 1. The molecule has 2 saturated heterocycles. The van der Waals surface area contributed by atoms with Gasteiger partial charge in [-0.05, 0) is 57.7 Å². The van der Waals surface area contributed by atoms with Gasteiger partial charge in [-0.25, -0.2) is 0 Å². The fraction of sp³-hybridized carbons (Fsp3) is 0.588. The van der Waals surface area contributed by atoms with Gasteiger partial charge in [-0.3, -0.25) is 4.79 Å². The molecule has 4 nitrogen and oxygen atoms in total. The van der Waals surface area contributed by atoms with Gasteiger partial charge < -0.3 is 15.4 Å². The first-order chi connectivity index (χ1) is 10.5. The average molecular weight is 367 g/mol. The van der Waals surface area contributed by atoms with Crippen molar-refractivity contribution in [3.8, 4) is 5.75 Å². The van der Waals surface area contributed by atoms with E-state index in [4.69, 9.17) is 4.74 Å². The smallest absolute Gasteiger partial charge is 0.251 e. The van der Waals surface area contributed by atoms with Crippen LogP contribution in [0.15, 0.2) is 22.7 Å². The van der Waals surface area contributed by atoms with E-state index in [9.17, 15) is 4.79 Å². The fourth-order valence-electron chi connectivity index (χ4n) is 3.48. The van der Waals surface area contributed by atoms with Crippen molar-refractivity contribution in [1.82, 2.24) is 10.6 Å². The Morgan fingerprint density at radius 2 is 1.95 bits per heavy atom. The van der Waals surface area contributed by atoms with Gasteiger partial charge in [-0.2, -0.15) is 0 Å². The fourth-order valence-corrected chi connectivity index (χ4v) is 3.95. The Labute approximate surface area is 140 Å². The lowest BCUT2D eigenvalue weighted by Crippen LogP contribution is -2.48. The van der Waals surface area contributed by atoms with E-state index in [2.05, 4.69) is 26.6 Å². The van der Waals surface area contributed by atoms with Crippen LogP contribution in [-0.2, 0) is 0 Å². The molecule has 2 atom stereocenters. The van der Waals surface area contributed by atoms with Crippen molar-refractivity contribution in [1.29, 1.82) is 0 Å². The molecule has 0 spiro atoms. The number of rotatable bonds is 4. The van der Waals surface area contributed by atoms with E-state index in [1.807, 2.05) is 32.0 Å². The normalized spacial score (nSPS) is 27.0. The molecule has 1 aromatic carbocycles. The maximum atomic E-state index is 12.5. The van der Waals surface area contributed by atoms with Gasteiger partial charge in [-0.1, -0.05) is 15.9 Å². The molecule has 0 radical (unpaired) electrons. The van der Waals surface area contributed by atoms with Gasteiger partial charge in [0.15, 0.2) is 0 Å². The maximum Gasteiger partial charge on any atom is 0.251 e. The van der Waals surface area contributed by atoms with Crippen molar-refractivity contribution >= 4 is 21.8 Å². The molecule has 3 rings (SSSR count). The number of benzene rings is 1. The number of carbonyl (C=O) groups is 1. The van der Waals surface area contributed by atoms with Crippen molar-refractivity contribution in [2.75, 3.05) is 0 Å². The topological polar surface area (TPSA) is 50.4 Å². The molecule has 2 heterocycles. The first kappa shape index (κ1) is 15.8. The standard InChI is InChI=1S/C17H23BrN2O2/c1-10(2)22-16-6-11(5-12(18)7-16)17(21)20-15-8-13-3-4-14(9-15)19-13/h5-7,10,13-15,19H,3-4,8-9H2,1-2H3,(H,20,21). The van der Waals surface area contributed by atoms with Crippen molar-refractivity contribution in [2.45, 2.75) is 63.8 Å². The van der Waals surface area contributed by atoms with Gasteiger partial charge in [-0.15, -0.1) is 0 Å². The molecule has 2 N–H and O–H groups in total. The molecule has 0 saturated carbocycles. The third kappa shape index (κ3) is 3.82. The molecular weight excluding hydrogens is 344 g/mol. The lowest BCUT2D eigenvalue weighted by molar-refractivity contribution is 0.0923. The summed E-state index contributed by atoms with van der Waals surface area (Å²) in [5.41, 5.74) is 0.649. The molecular formula is C17H23BrN2O2. The third-order valence-corrected chi connectivity index (χ3v) is 4.77. The van der Waals surface area contributed by atoms with E-state index in [-0.39, 0.29) is 18.1 Å². The van der Waals surface area contributed by atoms with Crippen LogP contribution in [0.2, 0.25) is 0 Å². The number of carbonyl (C=O) groups excluding carboxylic acids is 1. The van der Waals surface area contributed by atoms with Crippen LogP contribution in [0, 0.1) is 0 Å². The van der Waals surface area contributed by atoms with Crippen LogP contribution in [-0.4, -0.2) is 30.1 Å². The highest BCUT2D eigenvalue weighted by Crippen LogP contribution is 2.27. The highest BCUT2D eigenvalue weighted by Gasteiger charge is 2.34. The Hall–Kier alpha value is -1.07. The minimum absolute atomic E-state index is 0.0128. The van der Waals surface area contributed by atoms with Crippen LogP contribution in [0.4, 0.5) is 0 Å². The van der Waals surface area contributed by atoms with Gasteiger partial charge in [0.2, 0.25) is 0 Å². The second kappa shape index (κ2) is 6.59. The lowest BCUT2D eigenvalue weighted by atomic mass is 9.99. The average Bonchev–Trinajstić information content (AvgIpc) is 2.76. The number of amides is 1. The predicted molar refractivity (Wildman–Crippen MR) is 90.3 cm³/mol. The second-order valence-electron chi connectivity index (χ2n) is 6.62. The van der Waals surface area contributed by atoms with E-state index in [0.717, 1.165) is 23.1 Å². The summed E-state index contributed by atoms with van der Waals surface area (Å²) >= 11 is 3.46. The highest BCUT2D eigenvalue weighted by molar-refractivity contribution is 9.10.